The van der Waals surface area contributed by atoms with Crippen LogP contribution >= 0.6 is 38.5 Å². The van der Waals surface area contributed by atoms with E-state index < -0.39 is 6.03 Å². The summed E-state index contributed by atoms with van der Waals surface area (Å²) in [6.07, 6.45) is 3.28. The fourth-order valence-electron chi connectivity index (χ4n) is 2.76. The summed E-state index contributed by atoms with van der Waals surface area (Å²) >= 11 is 5.51. The number of carbonyl (C=O) groups is 2. The number of hydrogen-bond donors (Lipinski definition) is 1. The van der Waals surface area contributed by atoms with E-state index in [9.17, 15) is 9.59 Å². The molecule has 3 amide bonds. The van der Waals surface area contributed by atoms with Crippen LogP contribution in [0.25, 0.3) is 6.08 Å². The van der Waals surface area contributed by atoms with Gasteiger partial charge in [-0.1, -0.05) is 40.7 Å². The molecule has 0 radical (unpaired) electrons. The number of nitrogens with one attached hydrogen (secondary N) is 1. The van der Waals surface area contributed by atoms with Crippen LogP contribution in [0.3, 0.4) is 0 Å². The minimum atomic E-state index is -0.447. The fourth-order valence-corrected chi connectivity index (χ4v) is 3.81. The highest BCUT2D eigenvalue weighted by Gasteiger charge is 2.33. The Kier molecular flexibility index (Phi) is 6.96. The summed E-state index contributed by atoms with van der Waals surface area (Å²) in [6.45, 7) is 4.19. The molecule has 8 heteroatoms. The first-order chi connectivity index (χ1) is 13.9. The number of ether oxygens (including phenoxy) is 2. The second kappa shape index (κ2) is 9.45. The number of carbonyl (C=O) groups excluding carboxylic acids is 2. The Morgan fingerprint density at radius 3 is 2.62 bits per heavy atom. The van der Waals surface area contributed by atoms with Crippen LogP contribution in [0.4, 0.5) is 4.79 Å². The van der Waals surface area contributed by atoms with E-state index in [-0.39, 0.29) is 18.1 Å². The molecule has 1 aliphatic rings. The molecule has 1 fully saturated rings. The van der Waals surface area contributed by atoms with Crippen LogP contribution in [-0.4, -0.2) is 30.6 Å². The van der Waals surface area contributed by atoms with Crippen molar-refractivity contribution in [2.75, 3.05) is 13.7 Å². The lowest BCUT2D eigenvalue weighted by atomic mass is 10.1. The molecule has 1 heterocycles. The van der Waals surface area contributed by atoms with Gasteiger partial charge in [-0.25, -0.2) is 4.79 Å². The van der Waals surface area contributed by atoms with Crippen molar-refractivity contribution in [1.82, 2.24) is 10.2 Å². The van der Waals surface area contributed by atoms with E-state index >= 15 is 0 Å². The molecule has 0 bridgehead atoms. The summed E-state index contributed by atoms with van der Waals surface area (Å²) in [7, 11) is 1.55. The summed E-state index contributed by atoms with van der Waals surface area (Å²) < 4.78 is 12.8. The summed E-state index contributed by atoms with van der Waals surface area (Å²) in [5, 5.41) is 2.64. The minimum absolute atomic E-state index is 0.199. The molecule has 0 aliphatic carbocycles. The number of benzene rings is 2. The summed E-state index contributed by atoms with van der Waals surface area (Å²) in [4.78, 5) is 26.2. The molecule has 1 N–H and O–H groups in total. The third-order valence-electron chi connectivity index (χ3n) is 4.12. The second-order valence-corrected chi connectivity index (χ2v) is 8.22. The van der Waals surface area contributed by atoms with Crippen LogP contribution < -0.4 is 14.8 Å². The molecule has 0 aromatic heterocycles. The lowest BCUT2D eigenvalue weighted by Crippen LogP contribution is -2.30. The summed E-state index contributed by atoms with van der Waals surface area (Å²) in [5.74, 6) is 0.766. The predicted molar refractivity (Wildman–Crippen MR) is 123 cm³/mol. The van der Waals surface area contributed by atoms with Crippen LogP contribution in [0.5, 0.6) is 11.5 Å². The monoisotopic (exact) mass is 568 g/mol. The zero-order valence-electron chi connectivity index (χ0n) is 15.6. The van der Waals surface area contributed by atoms with Crippen molar-refractivity contribution in [2.45, 2.75) is 6.54 Å². The van der Waals surface area contributed by atoms with Gasteiger partial charge in [0.2, 0.25) is 0 Å². The Labute approximate surface area is 190 Å². The minimum Gasteiger partial charge on any atom is -0.493 e. The third kappa shape index (κ3) is 4.99. The molecule has 3 rings (SSSR count). The van der Waals surface area contributed by atoms with Crippen LogP contribution in [0.2, 0.25) is 0 Å². The van der Waals surface area contributed by atoms with E-state index in [1.807, 2.05) is 30.3 Å². The first-order valence-corrected chi connectivity index (χ1v) is 10.5. The van der Waals surface area contributed by atoms with Crippen molar-refractivity contribution >= 4 is 56.5 Å². The second-order valence-electron chi connectivity index (χ2n) is 6.14. The normalized spacial score (nSPS) is 14.9. The van der Waals surface area contributed by atoms with E-state index in [4.69, 9.17) is 9.47 Å². The zero-order valence-corrected chi connectivity index (χ0v) is 19.3. The van der Waals surface area contributed by atoms with Crippen molar-refractivity contribution < 1.29 is 19.1 Å². The standard InChI is InChI=1S/C21H18BrIN2O4/c1-3-8-29-19-16(23)9-14(11-18(19)28-2)10-17-20(26)25(21(27)24-17)12-13-4-6-15(22)7-5-13/h3-7,9-11H,1,8,12H2,2H3,(H,24,27). The number of nitrogens with zero attached hydrogens (tertiary/aromatic N) is 1. The Morgan fingerprint density at radius 2 is 1.97 bits per heavy atom. The molecule has 2 aromatic carbocycles. The maximum absolute atomic E-state index is 12.7. The molecule has 29 heavy (non-hydrogen) atoms. The maximum atomic E-state index is 12.7. The number of urea groups is 1. The largest absolute Gasteiger partial charge is 0.493 e. The Balaban J connectivity index is 1.84. The predicted octanol–water partition coefficient (Wildman–Crippen LogP) is 4.72. The van der Waals surface area contributed by atoms with Gasteiger partial charge in [0.25, 0.3) is 5.91 Å². The van der Waals surface area contributed by atoms with Crippen LogP contribution in [0.15, 0.2) is 59.2 Å². The molecule has 2 aromatic rings. The topological polar surface area (TPSA) is 67.9 Å². The van der Waals surface area contributed by atoms with Gasteiger partial charge in [-0.15, -0.1) is 0 Å². The molecule has 0 atom stereocenters. The van der Waals surface area contributed by atoms with Crippen LogP contribution in [0.1, 0.15) is 11.1 Å². The van der Waals surface area contributed by atoms with Gasteiger partial charge < -0.3 is 14.8 Å². The molecule has 0 unspecified atom stereocenters. The molecule has 6 nitrogen and oxygen atoms in total. The lowest BCUT2D eigenvalue weighted by molar-refractivity contribution is -0.123. The molecule has 0 spiro atoms. The summed E-state index contributed by atoms with van der Waals surface area (Å²) in [6, 6.07) is 10.6. The van der Waals surface area contributed by atoms with E-state index in [0.717, 1.165) is 13.6 Å². The van der Waals surface area contributed by atoms with Gasteiger partial charge in [0.05, 0.1) is 17.2 Å². The average molecular weight is 569 g/mol. The van der Waals surface area contributed by atoms with Gasteiger partial charge in [0.1, 0.15) is 12.3 Å². The van der Waals surface area contributed by atoms with Crippen LogP contribution in [-0.2, 0) is 11.3 Å². The number of rotatable bonds is 7. The third-order valence-corrected chi connectivity index (χ3v) is 5.45. The fraction of sp³-hybridized carbons (Fsp3) is 0.143. The number of imide groups is 1. The van der Waals surface area contributed by atoms with Gasteiger partial charge in [0, 0.05) is 4.47 Å². The quantitative estimate of drug-likeness (QED) is 0.227. The lowest BCUT2D eigenvalue weighted by Gasteiger charge is -2.13. The zero-order chi connectivity index (χ0) is 21.0. The van der Waals surface area contributed by atoms with Crippen molar-refractivity contribution in [1.29, 1.82) is 0 Å². The SMILES string of the molecule is C=CCOc1c(I)cc(C=C2NC(=O)N(Cc3ccc(Br)cc3)C2=O)cc1OC. The molecular formula is C21H18BrIN2O4. The van der Waals surface area contributed by atoms with E-state index in [1.165, 1.54) is 4.90 Å². The van der Waals surface area contributed by atoms with E-state index in [2.05, 4.69) is 50.4 Å². The highest BCUT2D eigenvalue weighted by Crippen LogP contribution is 2.35. The van der Waals surface area contributed by atoms with Gasteiger partial charge >= 0.3 is 6.03 Å². The molecular weight excluding hydrogens is 551 g/mol. The molecule has 150 valence electrons. The van der Waals surface area contributed by atoms with Gasteiger partial charge in [-0.3, -0.25) is 9.69 Å². The Morgan fingerprint density at radius 1 is 1.24 bits per heavy atom. The van der Waals surface area contributed by atoms with Gasteiger partial charge in [-0.2, -0.15) is 0 Å². The van der Waals surface area contributed by atoms with Crippen molar-refractivity contribution in [3.63, 3.8) is 0 Å². The number of halogens is 2. The average Bonchev–Trinajstić information content (AvgIpc) is 2.95. The maximum Gasteiger partial charge on any atom is 0.329 e. The molecule has 1 aliphatic heterocycles. The number of amides is 3. The van der Waals surface area contributed by atoms with Crippen molar-refractivity contribution in [3.05, 3.63) is 73.9 Å². The first kappa shape index (κ1) is 21.4. The Bertz CT molecular complexity index is 989. The highest BCUT2D eigenvalue weighted by molar-refractivity contribution is 14.1. The molecule has 0 saturated carbocycles. The molecule has 1 saturated heterocycles. The number of hydrogen-bond acceptors (Lipinski definition) is 4. The number of methoxy groups -OCH3 is 1. The van der Waals surface area contributed by atoms with Crippen molar-refractivity contribution in [2.24, 2.45) is 0 Å². The highest BCUT2D eigenvalue weighted by atomic mass is 127. The van der Waals surface area contributed by atoms with Gasteiger partial charge in [-0.05, 0) is 64.1 Å². The summed E-state index contributed by atoms with van der Waals surface area (Å²) in [5.41, 5.74) is 1.79. The first-order valence-electron chi connectivity index (χ1n) is 8.63. The van der Waals surface area contributed by atoms with E-state index in [1.54, 1.807) is 25.3 Å². The van der Waals surface area contributed by atoms with Crippen molar-refractivity contribution in [3.8, 4) is 11.5 Å². The van der Waals surface area contributed by atoms with Crippen LogP contribution in [0, 0.1) is 3.57 Å². The Hall–Kier alpha value is -2.33. The van der Waals surface area contributed by atoms with E-state index in [0.29, 0.717) is 23.7 Å². The van der Waals surface area contributed by atoms with Gasteiger partial charge in [0.15, 0.2) is 11.5 Å². The smallest absolute Gasteiger partial charge is 0.329 e.